The van der Waals surface area contributed by atoms with Gasteiger partial charge in [-0.15, -0.1) is 0 Å². The minimum Gasteiger partial charge on any atom is -0.493 e. The molecule has 0 spiro atoms. The fourth-order valence-electron chi connectivity index (χ4n) is 5.08. The number of methoxy groups -OCH3 is 3. The van der Waals surface area contributed by atoms with Crippen LogP contribution in [0.1, 0.15) is 42.0 Å². The zero-order valence-electron chi connectivity index (χ0n) is 17.2. The van der Waals surface area contributed by atoms with Gasteiger partial charge in [-0.1, -0.05) is 6.42 Å². The highest BCUT2D eigenvalue weighted by molar-refractivity contribution is 5.58. The Morgan fingerprint density at radius 3 is 2.31 bits per heavy atom. The summed E-state index contributed by atoms with van der Waals surface area (Å²) in [6.07, 6.45) is 4.77. The van der Waals surface area contributed by atoms with E-state index in [1.165, 1.54) is 30.4 Å². The first-order valence-electron chi connectivity index (χ1n) is 10.2. The van der Waals surface area contributed by atoms with E-state index in [4.69, 9.17) is 23.7 Å². The number of fused-ring (bicyclic) bond motifs is 3. The third-order valence-corrected chi connectivity index (χ3v) is 6.39. The fourth-order valence-corrected chi connectivity index (χ4v) is 5.08. The molecule has 2 aromatic rings. The zero-order valence-corrected chi connectivity index (χ0v) is 17.2. The number of ether oxygens (including phenoxy) is 5. The molecule has 0 aromatic heterocycles. The van der Waals surface area contributed by atoms with E-state index in [9.17, 15) is 0 Å². The molecule has 6 heteroatoms. The average molecular weight is 397 g/mol. The predicted octanol–water partition coefficient (Wildman–Crippen LogP) is 3.94. The molecule has 0 aliphatic carbocycles. The summed E-state index contributed by atoms with van der Waals surface area (Å²) in [6.45, 7) is 1.38. The Bertz CT molecular complexity index is 903. The minimum atomic E-state index is 0.118. The topological polar surface area (TPSA) is 49.4 Å². The summed E-state index contributed by atoms with van der Waals surface area (Å²) in [4.78, 5) is 2.63. The molecule has 6 nitrogen and oxygen atoms in total. The number of hydrogen-bond acceptors (Lipinski definition) is 6. The van der Waals surface area contributed by atoms with Crippen LogP contribution < -0.4 is 23.7 Å². The summed E-state index contributed by atoms with van der Waals surface area (Å²) in [7, 11) is 4.96. The van der Waals surface area contributed by atoms with Crippen molar-refractivity contribution in [2.24, 2.45) is 0 Å². The first-order valence-corrected chi connectivity index (χ1v) is 10.2. The summed E-state index contributed by atoms with van der Waals surface area (Å²) in [5, 5.41) is 0. The summed E-state index contributed by atoms with van der Waals surface area (Å²) < 4.78 is 28.2. The molecule has 3 aliphatic rings. The summed E-state index contributed by atoms with van der Waals surface area (Å²) in [5.41, 5.74) is 3.77. The number of nitrogens with zero attached hydrogens (tertiary/aromatic N) is 1. The van der Waals surface area contributed by atoms with Gasteiger partial charge in [0.05, 0.1) is 27.4 Å². The van der Waals surface area contributed by atoms with E-state index < -0.39 is 0 Å². The van der Waals surface area contributed by atoms with E-state index in [0.29, 0.717) is 30.1 Å². The molecule has 3 aliphatic heterocycles. The van der Waals surface area contributed by atoms with Crippen molar-refractivity contribution in [3.05, 3.63) is 41.0 Å². The molecule has 2 atom stereocenters. The maximum absolute atomic E-state index is 5.70. The predicted molar refractivity (Wildman–Crippen MR) is 109 cm³/mol. The standard InChI is InChI=1S/C23H27NO5/c1-25-20-10-15(11-21(26-2)23(20)27-3)22-17-12-19-18(28-13-29-19)9-14(17)8-16-6-4-5-7-24(16)22/h9-12,16,22H,4-8,13H2,1-3H3/t16-,22-/m0/s1. The first kappa shape index (κ1) is 18.4. The third kappa shape index (κ3) is 2.97. The van der Waals surface area contributed by atoms with Gasteiger partial charge < -0.3 is 23.7 Å². The Labute approximate surface area is 171 Å². The second kappa shape index (κ2) is 7.34. The van der Waals surface area contributed by atoms with Crippen molar-refractivity contribution in [2.75, 3.05) is 34.7 Å². The molecule has 0 radical (unpaired) electrons. The van der Waals surface area contributed by atoms with Crippen molar-refractivity contribution in [1.82, 2.24) is 4.90 Å². The highest BCUT2D eigenvalue weighted by Crippen LogP contribution is 2.48. The van der Waals surface area contributed by atoms with E-state index in [1.54, 1.807) is 21.3 Å². The quantitative estimate of drug-likeness (QED) is 0.779. The maximum atomic E-state index is 5.70. The van der Waals surface area contributed by atoms with Gasteiger partial charge in [0.1, 0.15) is 0 Å². The van der Waals surface area contributed by atoms with Crippen LogP contribution in [0.3, 0.4) is 0 Å². The van der Waals surface area contributed by atoms with Crippen LogP contribution >= 0.6 is 0 Å². The summed E-state index contributed by atoms with van der Waals surface area (Å²) in [6, 6.07) is 9.15. The van der Waals surface area contributed by atoms with E-state index >= 15 is 0 Å². The van der Waals surface area contributed by atoms with Gasteiger partial charge >= 0.3 is 0 Å². The van der Waals surface area contributed by atoms with Gasteiger partial charge in [-0.2, -0.15) is 0 Å². The number of hydrogen-bond donors (Lipinski definition) is 0. The number of piperidine rings is 1. The van der Waals surface area contributed by atoms with Crippen LogP contribution in [0.25, 0.3) is 0 Å². The maximum Gasteiger partial charge on any atom is 0.231 e. The molecule has 0 saturated carbocycles. The van der Waals surface area contributed by atoms with Crippen molar-refractivity contribution in [1.29, 1.82) is 0 Å². The van der Waals surface area contributed by atoms with Gasteiger partial charge in [-0.3, -0.25) is 4.90 Å². The molecule has 3 heterocycles. The van der Waals surface area contributed by atoms with Crippen molar-refractivity contribution in [3.8, 4) is 28.7 Å². The largest absolute Gasteiger partial charge is 0.493 e. The number of rotatable bonds is 4. The molecule has 2 aromatic carbocycles. The molecule has 0 bridgehead atoms. The Hall–Kier alpha value is -2.60. The molecule has 0 N–H and O–H groups in total. The van der Waals surface area contributed by atoms with E-state index in [-0.39, 0.29) is 6.04 Å². The summed E-state index contributed by atoms with van der Waals surface area (Å²) >= 11 is 0. The van der Waals surface area contributed by atoms with E-state index in [1.807, 2.05) is 0 Å². The molecular formula is C23H27NO5. The number of benzene rings is 2. The lowest BCUT2D eigenvalue weighted by molar-refractivity contribution is 0.0998. The molecule has 1 saturated heterocycles. The van der Waals surface area contributed by atoms with Crippen molar-refractivity contribution in [3.63, 3.8) is 0 Å². The van der Waals surface area contributed by atoms with Crippen LogP contribution in [-0.4, -0.2) is 45.6 Å². The molecule has 0 amide bonds. The molecule has 29 heavy (non-hydrogen) atoms. The highest BCUT2D eigenvalue weighted by Gasteiger charge is 2.38. The van der Waals surface area contributed by atoms with Crippen LogP contribution in [0.15, 0.2) is 24.3 Å². The molecule has 1 fully saturated rings. The first-order chi connectivity index (χ1) is 14.2. The lowest BCUT2D eigenvalue weighted by Gasteiger charge is -2.46. The zero-order chi connectivity index (χ0) is 20.0. The lowest BCUT2D eigenvalue weighted by atomic mass is 9.81. The van der Waals surface area contributed by atoms with Crippen LogP contribution in [-0.2, 0) is 6.42 Å². The summed E-state index contributed by atoms with van der Waals surface area (Å²) in [5.74, 6) is 3.68. The average Bonchev–Trinajstić information content (AvgIpc) is 3.22. The Kier molecular flexibility index (Phi) is 4.66. The van der Waals surface area contributed by atoms with Crippen LogP contribution in [0.5, 0.6) is 28.7 Å². The monoisotopic (exact) mass is 397 g/mol. The highest BCUT2D eigenvalue weighted by atomic mass is 16.7. The second-order valence-electron chi connectivity index (χ2n) is 7.86. The van der Waals surface area contributed by atoms with Crippen molar-refractivity contribution < 1.29 is 23.7 Å². The van der Waals surface area contributed by atoms with Gasteiger partial charge in [-0.05, 0) is 66.8 Å². The van der Waals surface area contributed by atoms with Gasteiger partial charge in [0.15, 0.2) is 23.0 Å². The molecule has 5 rings (SSSR count). The van der Waals surface area contributed by atoms with Gasteiger partial charge in [0.2, 0.25) is 12.5 Å². The molecule has 154 valence electrons. The Balaban J connectivity index is 1.68. The van der Waals surface area contributed by atoms with Crippen molar-refractivity contribution in [2.45, 2.75) is 37.8 Å². The normalized spacial score (nSPS) is 22.6. The smallest absolute Gasteiger partial charge is 0.231 e. The van der Waals surface area contributed by atoms with Gasteiger partial charge in [0.25, 0.3) is 0 Å². The van der Waals surface area contributed by atoms with Gasteiger partial charge in [0, 0.05) is 6.04 Å². The van der Waals surface area contributed by atoms with E-state index in [2.05, 4.69) is 29.2 Å². The van der Waals surface area contributed by atoms with Crippen LogP contribution in [0, 0.1) is 0 Å². The fraction of sp³-hybridized carbons (Fsp3) is 0.478. The van der Waals surface area contributed by atoms with E-state index in [0.717, 1.165) is 30.0 Å². The van der Waals surface area contributed by atoms with Crippen LogP contribution in [0.4, 0.5) is 0 Å². The van der Waals surface area contributed by atoms with Gasteiger partial charge in [-0.25, -0.2) is 0 Å². The molecular weight excluding hydrogens is 370 g/mol. The Morgan fingerprint density at radius 2 is 1.62 bits per heavy atom. The Morgan fingerprint density at radius 1 is 0.897 bits per heavy atom. The van der Waals surface area contributed by atoms with Crippen LogP contribution in [0.2, 0.25) is 0 Å². The lowest BCUT2D eigenvalue weighted by Crippen LogP contribution is -2.47. The minimum absolute atomic E-state index is 0.118. The third-order valence-electron chi connectivity index (χ3n) is 6.39. The SMILES string of the molecule is COc1cc([C@H]2c3cc4c(cc3C[C@@H]3CCCCN32)OCO4)cc(OC)c1OC. The van der Waals surface area contributed by atoms with Crippen molar-refractivity contribution >= 4 is 0 Å². The molecule has 0 unspecified atom stereocenters. The second-order valence-corrected chi connectivity index (χ2v) is 7.86.